The van der Waals surface area contributed by atoms with Gasteiger partial charge in [0.1, 0.15) is 5.75 Å². The molecule has 0 saturated heterocycles. The van der Waals surface area contributed by atoms with E-state index in [1.54, 1.807) is 5.57 Å². The van der Waals surface area contributed by atoms with Crippen molar-refractivity contribution in [2.75, 3.05) is 11.4 Å². The fourth-order valence-electron chi connectivity index (χ4n) is 3.21. The van der Waals surface area contributed by atoms with Gasteiger partial charge >= 0.3 is 0 Å². The molecule has 0 N–H and O–H groups in total. The second-order valence-corrected chi connectivity index (χ2v) is 5.78. The second-order valence-electron chi connectivity index (χ2n) is 5.55. The van der Waals surface area contributed by atoms with Crippen molar-refractivity contribution in [3.63, 3.8) is 0 Å². The Bertz CT molecular complexity index is 598. The van der Waals surface area contributed by atoms with Gasteiger partial charge in [0.15, 0.2) is 0 Å². The average molecular weight is 299 g/mol. The van der Waals surface area contributed by atoms with Crippen molar-refractivity contribution >= 4 is 15.2 Å². The third-order valence-corrected chi connectivity index (χ3v) is 4.53. The molecule has 1 aromatic rings. The quantitative estimate of drug-likeness (QED) is 0.728. The molecule has 2 aliphatic rings. The number of nitrogens with zero attached hydrogens (tertiary/aromatic N) is 1. The lowest BCUT2D eigenvalue weighted by Gasteiger charge is -2.24. The van der Waals surface area contributed by atoms with Crippen LogP contribution in [0.5, 0.6) is 5.75 Å². The average Bonchev–Trinajstić information content (AvgIpc) is 2.92. The zero-order valence-corrected chi connectivity index (χ0v) is 13.7. The number of hydrogen-bond donors (Lipinski definition) is 0. The Hall–Kier alpha value is -1.53. The predicted molar refractivity (Wildman–Crippen MR) is 92.5 cm³/mol. The van der Waals surface area contributed by atoms with Crippen LogP contribution in [0.1, 0.15) is 32.6 Å². The highest BCUT2D eigenvalue weighted by atomic mass is 31.0. The van der Waals surface area contributed by atoms with Gasteiger partial charge < -0.3 is 9.42 Å². The number of allylic oxidation sites excluding steroid dienone is 4. The van der Waals surface area contributed by atoms with E-state index in [1.807, 2.05) is 12.1 Å². The smallest absolute Gasteiger partial charge is 0.122 e. The summed E-state index contributed by atoms with van der Waals surface area (Å²) in [7, 11) is 2.29. The molecule has 0 radical (unpaired) electrons. The topological polar surface area (TPSA) is 12.5 Å². The van der Waals surface area contributed by atoms with Gasteiger partial charge in [-0.1, -0.05) is 18.2 Å². The summed E-state index contributed by atoms with van der Waals surface area (Å²) >= 11 is 0. The summed E-state index contributed by atoms with van der Waals surface area (Å²) in [5.74, 6) is 0.880. The molecule has 1 aliphatic carbocycles. The normalized spacial score (nSPS) is 20.5. The molecule has 0 fully saturated rings. The Morgan fingerprint density at radius 2 is 1.90 bits per heavy atom. The summed E-state index contributed by atoms with van der Waals surface area (Å²) in [4.78, 5) is 2.47. The molecule has 1 aliphatic heterocycles. The predicted octanol–water partition coefficient (Wildman–Crippen LogP) is 5.01. The van der Waals surface area contributed by atoms with Gasteiger partial charge in [0, 0.05) is 17.9 Å². The van der Waals surface area contributed by atoms with E-state index in [2.05, 4.69) is 51.7 Å². The van der Waals surface area contributed by atoms with Gasteiger partial charge in [0.05, 0.1) is 9.47 Å². The van der Waals surface area contributed by atoms with Crippen LogP contribution in [0, 0.1) is 0 Å². The Labute approximate surface area is 129 Å². The first-order chi connectivity index (χ1) is 10.3. The van der Waals surface area contributed by atoms with Crippen molar-refractivity contribution in [3.05, 3.63) is 59.3 Å². The summed E-state index contributed by atoms with van der Waals surface area (Å²) < 4.78 is 5.18. The first-order valence-corrected chi connectivity index (χ1v) is 8.09. The lowest BCUT2D eigenvalue weighted by atomic mass is 9.93. The molecule has 0 bridgehead atoms. The monoisotopic (exact) mass is 299 g/mol. The molecule has 21 heavy (non-hydrogen) atoms. The molecule has 0 spiro atoms. The van der Waals surface area contributed by atoms with Crippen LogP contribution in [0.15, 0.2) is 59.3 Å². The molecule has 2 nitrogen and oxygen atoms in total. The fourth-order valence-corrected chi connectivity index (χ4v) is 3.37. The maximum absolute atomic E-state index is 5.18. The van der Waals surface area contributed by atoms with E-state index in [0.29, 0.717) is 0 Å². The minimum atomic E-state index is 0.880. The van der Waals surface area contributed by atoms with Gasteiger partial charge in [-0.15, -0.1) is 0 Å². The van der Waals surface area contributed by atoms with E-state index < -0.39 is 0 Å². The molecule has 1 atom stereocenters. The molecule has 3 rings (SSSR count). The fraction of sp³-hybridized carbons (Fsp3) is 0.333. The van der Waals surface area contributed by atoms with Crippen LogP contribution in [0.2, 0.25) is 0 Å². The lowest BCUT2D eigenvalue weighted by Crippen LogP contribution is -2.19. The highest BCUT2D eigenvalue weighted by Gasteiger charge is 2.28. The first kappa shape index (κ1) is 14.4. The van der Waals surface area contributed by atoms with E-state index in [1.165, 1.54) is 42.6 Å². The number of hydrogen-bond acceptors (Lipinski definition) is 2. The van der Waals surface area contributed by atoms with Crippen LogP contribution in [0.25, 0.3) is 0 Å². The van der Waals surface area contributed by atoms with Crippen LogP contribution in [-0.4, -0.2) is 6.54 Å². The van der Waals surface area contributed by atoms with Crippen molar-refractivity contribution in [3.8, 4) is 5.75 Å². The summed E-state index contributed by atoms with van der Waals surface area (Å²) in [6.45, 7) is 3.07. The Kier molecular flexibility index (Phi) is 4.45. The van der Waals surface area contributed by atoms with Gasteiger partial charge in [-0.2, -0.15) is 0 Å². The minimum absolute atomic E-state index is 0.880. The van der Waals surface area contributed by atoms with E-state index in [-0.39, 0.29) is 0 Å². The Morgan fingerprint density at radius 1 is 1.14 bits per heavy atom. The standard InChI is InChI=1S/C18H22NOP/c1-2-3-6-14-13-19(18-8-5-4-7-17(14)18)15-9-11-16(20-21)12-10-15/h2-3,6,9-12H,4-5,7-8,13,21H2,1H3/b3-2-,14-6+. The molecule has 110 valence electrons. The molecule has 1 heterocycles. The number of benzene rings is 1. The van der Waals surface area contributed by atoms with Crippen molar-refractivity contribution in [2.45, 2.75) is 32.6 Å². The minimum Gasteiger partial charge on any atom is -0.480 e. The highest BCUT2D eigenvalue weighted by Crippen LogP contribution is 2.40. The van der Waals surface area contributed by atoms with Gasteiger partial charge in [-0.3, -0.25) is 0 Å². The summed E-state index contributed by atoms with van der Waals surface area (Å²) in [6, 6.07) is 8.35. The number of rotatable bonds is 3. The maximum atomic E-state index is 5.18. The third kappa shape index (κ3) is 2.91. The van der Waals surface area contributed by atoms with Gasteiger partial charge in [-0.05, 0) is 68.0 Å². The summed E-state index contributed by atoms with van der Waals surface area (Å²) in [6.07, 6.45) is 11.6. The van der Waals surface area contributed by atoms with Crippen LogP contribution in [0.3, 0.4) is 0 Å². The maximum Gasteiger partial charge on any atom is 0.122 e. The van der Waals surface area contributed by atoms with Crippen LogP contribution in [0.4, 0.5) is 5.69 Å². The largest absolute Gasteiger partial charge is 0.480 e. The van der Waals surface area contributed by atoms with Crippen LogP contribution < -0.4 is 9.42 Å². The van der Waals surface area contributed by atoms with Gasteiger partial charge in [-0.25, -0.2) is 0 Å². The Morgan fingerprint density at radius 3 is 2.62 bits per heavy atom. The molecular weight excluding hydrogens is 277 g/mol. The first-order valence-electron chi connectivity index (χ1n) is 7.62. The van der Waals surface area contributed by atoms with Crippen molar-refractivity contribution < 1.29 is 4.52 Å². The molecule has 1 aromatic carbocycles. The molecule has 1 unspecified atom stereocenters. The number of anilines is 1. The lowest BCUT2D eigenvalue weighted by molar-refractivity contribution is 0.646. The van der Waals surface area contributed by atoms with E-state index in [0.717, 1.165) is 12.3 Å². The Balaban J connectivity index is 1.93. The van der Waals surface area contributed by atoms with Crippen molar-refractivity contribution in [1.82, 2.24) is 0 Å². The van der Waals surface area contributed by atoms with Gasteiger partial charge in [0.25, 0.3) is 0 Å². The van der Waals surface area contributed by atoms with E-state index >= 15 is 0 Å². The molecule has 0 amide bonds. The third-order valence-electron chi connectivity index (χ3n) is 4.25. The van der Waals surface area contributed by atoms with Crippen LogP contribution in [-0.2, 0) is 0 Å². The van der Waals surface area contributed by atoms with Gasteiger partial charge in [0.2, 0.25) is 0 Å². The zero-order chi connectivity index (χ0) is 14.7. The molecule has 0 saturated carbocycles. The molecule has 3 heteroatoms. The summed E-state index contributed by atoms with van der Waals surface area (Å²) in [5, 5.41) is 0. The SMILES string of the molecule is C/C=C\C=C1/CN(c2ccc(OP)cc2)C2=C1CCCC2. The molecule has 0 aromatic heterocycles. The zero-order valence-electron chi connectivity index (χ0n) is 12.5. The summed E-state index contributed by atoms with van der Waals surface area (Å²) in [5.41, 5.74) is 5.84. The highest BCUT2D eigenvalue weighted by molar-refractivity contribution is 7.10. The molecular formula is C18H22NOP. The van der Waals surface area contributed by atoms with Crippen molar-refractivity contribution in [2.24, 2.45) is 0 Å². The van der Waals surface area contributed by atoms with E-state index in [9.17, 15) is 0 Å². The van der Waals surface area contributed by atoms with Crippen molar-refractivity contribution in [1.29, 1.82) is 0 Å². The van der Waals surface area contributed by atoms with Crippen LogP contribution >= 0.6 is 9.47 Å². The second kappa shape index (κ2) is 6.49. The van der Waals surface area contributed by atoms with E-state index in [4.69, 9.17) is 4.52 Å².